The quantitative estimate of drug-likeness (QED) is 0.162. The molecule has 0 bridgehead atoms. The van der Waals surface area contributed by atoms with Crippen LogP contribution in [0.3, 0.4) is 0 Å². The number of aromatic nitrogens is 5. The Bertz CT molecular complexity index is 2220. The van der Waals surface area contributed by atoms with E-state index in [1.54, 1.807) is 12.3 Å². The Balaban J connectivity index is 0.000000217. The normalized spacial score (nSPS) is 13.5. The first kappa shape index (κ1) is 25.6. The zero-order valence-corrected chi connectivity index (χ0v) is 28.2. The fourth-order valence-corrected chi connectivity index (χ4v) is 5.28. The van der Waals surface area contributed by atoms with Gasteiger partial charge in [0.2, 0.25) is 0 Å². The molecule has 7 heteroatoms. The van der Waals surface area contributed by atoms with E-state index in [0.717, 1.165) is 38.8 Å². The minimum Gasteiger partial charge on any atom is -0.501 e. The summed E-state index contributed by atoms with van der Waals surface area (Å²) in [6, 6.07) is 29.0. The Morgan fingerprint density at radius 1 is 0.761 bits per heavy atom. The third-order valence-corrected chi connectivity index (χ3v) is 7.49. The van der Waals surface area contributed by atoms with Gasteiger partial charge in [0.25, 0.3) is 0 Å². The first-order valence-electron chi connectivity index (χ1n) is 17.7. The number of furan rings is 1. The monoisotopic (exact) mass is 788 g/mol. The molecule has 7 rings (SSSR count). The van der Waals surface area contributed by atoms with Crippen molar-refractivity contribution in [1.29, 1.82) is 0 Å². The molecule has 0 amide bonds. The molecule has 233 valence electrons. The van der Waals surface area contributed by atoms with Gasteiger partial charge in [-0.2, -0.15) is 10.2 Å². The van der Waals surface area contributed by atoms with Crippen molar-refractivity contribution in [3.05, 3.63) is 126 Å². The molecule has 0 N–H and O–H groups in total. The van der Waals surface area contributed by atoms with Gasteiger partial charge in [-0.1, -0.05) is 81.9 Å². The van der Waals surface area contributed by atoms with Gasteiger partial charge in [0.1, 0.15) is 11.4 Å². The van der Waals surface area contributed by atoms with Crippen molar-refractivity contribution in [1.82, 2.24) is 25.1 Å². The molecule has 4 aromatic carbocycles. The summed E-state index contributed by atoms with van der Waals surface area (Å²) in [5.41, 5.74) is 7.94. The van der Waals surface area contributed by atoms with Crippen molar-refractivity contribution in [2.45, 2.75) is 53.2 Å². The second-order valence-electron chi connectivity index (χ2n) is 11.3. The first-order chi connectivity index (χ1) is 24.2. The zero-order chi connectivity index (χ0) is 36.5. The van der Waals surface area contributed by atoms with Crippen molar-refractivity contribution in [3.63, 3.8) is 0 Å². The van der Waals surface area contributed by atoms with Crippen LogP contribution >= 0.6 is 0 Å². The molecule has 1 radical (unpaired) electrons. The van der Waals surface area contributed by atoms with Crippen molar-refractivity contribution in [2.24, 2.45) is 0 Å². The van der Waals surface area contributed by atoms with Crippen LogP contribution in [0.5, 0.6) is 0 Å². The minimum atomic E-state index is -2.29. The molecule has 7 aromatic rings. The molecule has 46 heavy (non-hydrogen) atoms. The maximum atomic E-state index is 7.27. The smallest absolute Gasteiger partial charge is 0.120 e. The van der Waals surface area contributed by atoms with Crippen molar-refractivity contribution >= 4 is 21.9 Å². The van der Waals surface area contributed by atoms with Crippen molar-refractivity contribution < 1.29 is 32.7 Å². The molecule has 0 aliphatic rings. The van der Waals surface area contributed by atoms with E-state index in [1.165, 1.54) is 35.7 Å². The van der Waals surface area contributed by atoms with Crippen LogP contribution in [0, 0.1) is 25.8 Å². The number of rotatable bonds is 5. The molecule has 0 aliphatic heterocycles. The van der Waals surface area contributed by atoms with Gasteiger partial charge < -0.3 is 9.40 Å². The Labute approximate surface area is 292 Å². The molecule has 0 atom stereocenters. The van der Waals surface area contributed by atoms with Gasteiger partial charge in [0.15, 0.2) is 0 Å². The van der Waals surface area contributed by atoms with E-state index in [9.17, 15) is 0 Å². The van der Waals surface area contributed by atoms with E-state index in [2.05, 4.69) is 84.3 Å². The van der Waals surface area contributed by atoms with Gasteiger partial charge in [-0.15, -0.1) is 53.6 Å². The average Bonchev–Trinajstić information content (AvgIpc) is 3.50. The fourth-order valence-electron chi connectivity index (χ4n) is 5.28. The number of benzene rings is 4. The number of para-hydroxylation sites is 1. The second kappa shape index (κ2) is 14.2. The van der Waals surface area contributed by atoms with Gasteiger partial charge in [-0.3, -0.25) is 9.97 Å². The minimum absolute atomic E-state index is 0. The summed E-state index contributed by atoms with van der Waals surface area (Å²) in [4.78, 5) is 12.8. The van der Waals surface area contributed by atoms with Gasteiger partial charge in [-0.25, -0.2) is 0 Å². The summed E-state index contributed by atoms with van der Waals surface area (Å²) in [5.74, 6) is 1.27. The number of fused-ring (bicyclic) bond motifs is 3. The van der Waals surface area contributed by atoms with Crippen LogP contribution in [0.25, 0.3) is 55.8 Å². The predicted molar refractivity (Wildman–Crippen MR) is 181 cm³/mol. The third-order valence-electron chi connectivity index (χ3n) is 7.49. The molecule has 0 fully saturated rings. The fraction of sp³-hybridized carbons (Fsp3) is 0.205. The van der Waals surface area contributed by atoms with E-state index in [-0.39, 0.29) is 31.4 Å². The van der Waals surface area contributed by atoms with Crippen LogP contribution in [0.2, 0.25) is 0 Å². The summed E-state index contributed by atoms with van der Waals surface area (Å²) in [6.07, 6.45) is 4.28. The van der Waals surface area contributed by atoms with Crippen LogP contribution in [-0.2, 0) is 20.1 Å². The van der Waals surface area contributed by atoms with E-state index in [4.69, 9.17) is 17.6 Å². The molecule has 0 unspecified atom stereocenters. The SMILES string of the molecule is CC(C)c1cccc(C(C)C)c1-c1cnnc(-c2[c-]ccc3c2oc2ccccc23)n1.[2H]C([2H])([2H])c1c[c-]c(-c2cnc(C([2H])([2H])[2H])cn2)cc1.[Ir]. The summed E-state index contributed by atoms with van der Waals surface area (Å²) >= 11 is 0. The Kier molecular flexibility index (Phi) is 7.92. The Morgan fingerprint density at radius 2 is 1.57 bits per heavy atom. The standard InChI is InChI=1S/C27H24N3O.C12H11N2.Ir/c1-16(2)18-10-7-11-19(17(3)4)25(18)23-15-28-30-27(29-23)22-13-8-12-21-20-9-5-6-14-24(20)31-26(21)22;1-9-3-5-11(6-4-9)12-8-13-10(2)7-14-12;/h5-12,14-17H,1-4H3;3-5,7-8H,1-2H3;/q2*-1;/i;1D3,2D3;. The zero-order valence-electron chi connectivity index (χ0n) is 31.8. The molecule has 6 nitrogen and oxygen atoms in total. The predicted octanol–water partition coefficient (Wildman–Crippen LogP) is 9.71. The third kappa shape index (κ3) is 6.81. The van der Waals surface area contributed by atoms with Crippen LogP contribution in [0.1, 0.15) is 70.1 Å². The molecular weight excluding hydrogens is 747 g/mol. The van der Waals surface area contributed by atoms with Crippen LogP contribution in [-0.4, -0.2) is 25.1 Å². The van der Waals surface area contributed by atoms with Gasteiger partial charge >= 0.3 is 0 Å². The van der Waals surface area contributed by atoms with E-state index < -0.39 is 13.7 Å². The first-order valence-corrected chi connectivity index (χ1v) is 14.7. The molecule has 0 saturated heterocycles. The van der Waals surface area contributed by atoms with Crippen LogP contribution in [0.4, 0.5) is 0 Å². The molecule has 0 spiro atoms. The summed E-state index contributed by atoms with van der Waals surface area (Å²) in [6.45, 7) is 4.37. The number of aryl methyl sites for hydroxylation is 2. The molecule has 3 aromatic heterocycles. The topological polar surface area (TPSA) is 77.6 Å². The summed E-state index contributed by atoms with van der Waals surface area (Å²) in [7, 11) is 0. The van der Waals surface area contributed by atoms with E-state index in [0.29, 0.717) is 28.9 Å². The van der Waals surface area contributed by atoms with Gasteiger partial charge in [0, 0.05) is 57.4 Å². The Morgan fingerprint density at radius 3 is 2.24 bits per heavy atom. The summed E-state index contributed by atoms with van der Waals surface area (Å²) in [5, 5.41) is 10.8. The van der Waals surface area contributed by atoms with Crippen molar-refractivity contribution in [2.75, 3.05) is 0 Å². The second-order valence-corrected chi connectivity index (χ2v) is 11.3. The van der Waals surface area contributed by atoms with Gasteiger partial charge in [-0.05, 0) is 35.9 Å². The molecular formula is C39H35IrN5O-2. The number of hydrogen-bond donors (Lipinski definition) is 0. The van der Waals surface area contributed by atoms with E-state index in [1.807, 2.05) is 30.3 Å². The van der Waals surface area contributed by atoms with Gasteiger partial charge in [0.05, 0.1) is 23.2 Å². The molecule has 0 aliphatic carbocycles. The molecule has 3 heterocycles. The van der Waals surface area contributed by atoms with Crippen LogP contribution in [0.15, 0.2) is 95.8 Å². The number of nitrogens with zero attached hydrogens (tertiary/aromatic N) is 5. The summed E-state index contributed by atoms with van der Waals surface area (Å²) < 4.78 is 49.6. The maximum absolute atomic E-state index is 7.27. The van der Waals surface area contributed by atoms with E-state index >= 15 is 0 Å². The molecule has 0 saturated carbocycles. The maximum Gasteiger partial charge on any atom is 0.120 e. The van der Waals surface area contributed by atoms with Crippen LogP contribution < -0.4 is 0 Å². The average molecular weight is 788 g/mol. The van der Waals surface area contributed by atoms with Crippen molar-refractivity contribution in [3.8, 4) is 33.9 Å². The number of hydrogen-bond acceptors (Lipinski definition) is 6. The Hall–Kier alpha value is -4.58. The largest absolute Gasteiger partial charge is 0.501 e.